The fourth-order valence-electron chi connectivity index (χ4n) is 9.02. The van der Waals surface area contributed by atoms with Gasteiger partial charge in [-0.05, 0) is 116 Å². The normalized spacial score (nSPS) is 45.7. The number of allylic oxidation sites excluding steroid dienone is 1. The maximum atomic E-state index is 13.1. The third-order valence-electron chi connectivity index (χ3n) is 10.9. The van der Waals surface area contributed by atoms with Gasteiger partial charge < -0.3 is 14.6 Å². The average molecular weight is 451 g/mol. The molecule has 178 valence electrons. The van der Waals surface area contributed by atoms with Crippen LogP contribution in [-0.2, 0) is 4.74 Å². The largest absolute Gasteiger partial charge is 0.497 e. The van der Waals surface area contributed by atoms with Gasteiger partial charge in [0, 0.05) is 11.5 Å². The zero-order chi connectivity index (χ0) is 23.0. The Morgan fingerprint density at radius 2 is 1.79 bits per heavy atom. The average Bonchev–Trinajstić information content (AvgIpc) is 3.36. The lowest BCUT2D eigenvalue weighted by Crippen LogP contribution is -2.55. The van der Waals surface area contributed by atoms with E-state index in [9.17, 15) is 9.90 Å². The molecular formula is C29H38O4. The summed E-state index contributed by atoms with van der Waals surface area (Å²) < 4.78 is 11.5. The predicted octanol–water partition coefficient (Wildman–Crippen LogP) is 5.79. The molecule has 6 rings (SSSR count). The van der Waals surface area contributed by atoms with Crippen molar-refractivity contribution in [3.63, 3.8) is 0 Å². The van der Waals surface area contributed by atoms with Crippen LogP contribution in [0.4, 0.5) is 0 Å². The molecule has 4 heteroatoms. The summed E-state index contributed by atoms with van der Waals surface area (Å²) in [4.78, 5) is 13.1. The third kappa shape index (κ3) is 3.16. The molecule has 0 radical (unpaired) electrons. The van der Waals surface area contributed by atoms with Crippen LogP contribution in [0.5, 0.6) is 5.75 Å². The van der Waals surface area contributed by atoms with Crippen LogP contribution in [0.1, 0.15) is 75.6 Å². The quantitative estimate of drug-likeness (QED) is 0.592. The van der Waals surface area contributed by atoms with Gasteiger partial charge in [0.15, 0.2) is 5.76 Å². The number of ether oxygens (including phenoxy) is 2. The monoisotopic (exact) mass is 450 g/mol. The number of carbonyl (C=O) groups is 1. The van der Waals surface area contributed by atoms with Crippen molar-refractivity contribution in [2.75, 3.05) is 7.11 Å². The van der Waals surface area contributed by atoms with Crippen LogP contribution in [0.2, 0.25) is 0 Å². The third-order valence-corrected chi connectivity index (χ3v) is 10.9. The highest BCUT2D eigenvalue weighted by atomic mass is 16.5. The summed E-state index contributed by atoms with van der Waals surface area (Å²) in [6.45, 7) is 4.91. The van der Waals surface area contributed by atoms with Crippen molar-refractivity contribution in [1.29, 1.82) is 0 Å². The van der Waals surface area contributed by atoms with Crippen molar-refractivity contribution in [3.8, 4) is 5.75 Å². The molecule has 1 aromatic rings. The lowest BCUT2D eigenvalue weighted by Gasteiger charge is -2.61. The number of fused-ring (bicyclic) bond motifs is 6. The standard InChI is InChI=1S/C29H38O4/c1-28-13-12-23-21(22(28)10-11-26(28)30)9-6-19-15-24-18(16-29(19,23)2)14-25(33-24)27(31)17-4-7-20(32-3)8-5-17/h4-5,7-8,14,18-19,21-24,26,30H,6,9-13,15-16H2,1-3H3/t18?,19-,21?,22-,23?,24?,26-,28-,29-/m0/s1. The molecule has 1 aliphatic heterocycles. The first kappa shape index (κ1) is 21.7. The summed E-state index contributed by atoms with van der Waals surface area (Å²) in [6.07, 6.45) is 11.6. The number of ketones is 1. The molecule has 9 atom stereocenters. The Morgan fingerprint density at radius 3 is 2.55 bits per heavy atom. The molecule has 1 aromatic carbocycles. The van der Waals surface area contributed by atoms with Crippen LogP contribution in [0.3, 0.4) is 0 Å². The van der Waals surface area contributed by atoms with Gasteiger partial charge in [0.05, 0.1) is 13.2 Å². The highest BCUT2D eigenvalue weighted by Crippen LogP contribution is 2.67. The van der Waals surface area contributed by atoms with Crippen molar-refractivity contribution >= 4 is 5.78 Å². The van der Waals surface area contributed by atoms with Crippen LogP contribution < -0.4 is 4.74 Å². The molecule has 1 heterocycles. The second-order valence-electron chi connectivity index (χ2n) is 12.1. The Labute approximate surface area is 197 Å². The Bertz CT molecular complexity index is 966. The fourth-order valence-corrected chi connectivity index (χ4v) is 9.02. The van der Waals surface area contributed by atoms with Crippen LogP contribution in [0, 0.1) is 40.4 Å². The SMILES string of the molecule is COc1ccc(C(=O)C2=CC3C[C@]4(C)C5CC[C@]6(C)[C@@H](O)CC[C@H]6C5CC[C@H]4CC3O2)cc1. The topological polar surface area (TPSA) is 55.8 Å². The second kappa shape index (κ2) is 7.60. The van der Waals surface area contributed by atoms with Gasteiger partial charge in [-0.25, -0.2) is 0 Å². The van der Waals surface area contributed by atoms with Gasteiger partial charge in [-0.1, -0.05) is 13.8 Å². The van der Waals surface area contributed by atoms with E-state index < -0.39 is 0 Å². The summed E-state index contributed by atoms with van der Waals surface area (Å²) in [5, 5.41) is 10.7. The van der Waals surface area contributed by atoms with E-state index in [0.717, 1.165) is 36.8 Å². The molecule has 0 bridgehead atoms. The summed E-state index contributed by atoms with van der Waals surface area (Å²) >= 11 is 0. The lowest BCUT2D eigenvalue weighted by molar-refractivity contribution is -0.140. The van der Waals surface area contributed by atoms with Gasteiger partial charge in [0.25, 0.3) is 0 Å². The zero-order valence-corrected chi connectivity index (χ0v) is 20.3. The molecule has 1 N–H and O–H groups in total. The Kier molecular flexibility index (Phi) is 5.00. The van der Waals surface area contributed by atoms with Crippen LogP contribution in [0.15, 0.2) is 36.1 Å². The zero-order valence-electron chi connectivity index (χ0n) is 20.3. The molecule has 4 unspecified atom stereocenters. The molecule has 4 aliphatic carbocycles. The number of hydrogen-bond donors (Lipinski definition) is 1. The molecule has 0 spiro atoms. The van der Waals surface area contributed by atoms with Crippen molar-refractivity contribution in [2.45, 2.75) is 77.4 Å². The summed E-state index contributed by atoms with van der Waals surface area (Å²) in [7, 11) is 1.64. The van der Waals surface area contributed by atoms with Crippen molar-refractivity contribution < 1.29 is 19.4 Å². The van der Waals surface area contributed by atoms with Crippen LogP contribution in [-0.4, -0.2) is 30.2 Å². The number of benzene rings is 1. The van der Waals surface area contributed by atoms with Crippen LogP contribution >= 0.6 is 0 Å². The molecule has 0 amide bonds. The molecule has 4 nitrogen and oxygen atoms in total. The van der Waals surface area contributed by atoms with Gasteiger partial charge >= 0.3 is 0 Å². The van der Waals surface area contributed by atoms with E-state index in [4.69, 9.17) is 9.47 Å². The van der Waals surface area contributed by atoms with E-state index in [-0.39, 0.29) is 23.4 Å². The maximum Gasteiger partial charge on any atom is 0.227 e. The first-order chi connectivity index (χ1) is 15.8. The minimum absolute atomic E-state index is 0.00793. The Hall–Kier alpha value is -1.81. The van der Waals surface area contributed by atoms with Crippen molar-refractivity contribution in [3.05, 3.63) is 41.7 Å². The highest BCUT2D eigenvalue weighted by molar-refractivity contribution is 6.07. The number of hydrogen-bond acceptors (Lipinski definition) is 4. The predicted molar refractivity (Wildman–Crippen MR) is 127 cm³/mol. The van der Waals surface area contributed by atoms with E-state index in [1.807, 2.05) is 24.3 Å². The summed E-state index contributed by atoms with van der Waals surface area (Å²) in [5.41, 5.74) is 1.11. The summed E-state index contributed by atoms with van der Waals surface area (Å²) in [5.74, 6) is 4.50. The molecule has 5 aliphatic rings. The first-order valence-electron chi connectivity index (χ1n) is 13.1. The number of rotatable bonds is 3. The number of Topliss-reactive ketones (excluding diaryl/α,β-unsaturated/α-hetero) is 1. The van der Waals surface area contributed by atoms with E-state index in [1.54, 1.807) is 7.11 Å². The van der Waals surface area contributed by atoms with E-state index >= 15 is 0 Å². The smallest absolute Gasteiger partial charge is 0.227 e. The number of carbonyl (C=O) groups excluding carboxylic acids is 1. The molecule has 0 saturated heterocycles. The maximum absolute atomic E-state index is 13.1. The van der Waals surface area contributed by atoms with Crippen molar-refractivity contribution in [2.24, 2.45) is 40.4 Å². The molecule has 0 aromatic heterocycles. The minimum atomic E-state index is -0.109. The van der Waals surface area contributed by atoms with E-state index in [2.05, 4.69) is 19.9 Å². The number of methoxy groups -OCH3 is 1. The summed E-state index contributed by atoms with van der Waals surface area (Å²) in [6, 6.07) is 7.33. The van der Waals surface area contributed by atoms with E-state index in [0.29, 0.717) is 34.5 Å². The lowest BCUT2D eigenvalue weighted by atomic mass is 9.44. The molecule has 33 heavy (non-hydrogen) atoms. The van der Waals surface area contributed by atoms with Gasteiger partial charge in [-0.2, -0.15) is 0 Å². The molecular weight excluding hydrogens is 412 g/mol. The molecule has 4 saturated carbocycles. The van der Waals surface area contributed by atoms with E-state index in [1.165, 1.54) is 32.1 Å². The Morgan fingerprint density at radius 1 is 1.03 bits per heavy atom. The number of aliphatic hydroxyl groups excluding tert-OH is 1. The van der Waals surface area contributed by atoms with Gasteiger partial charge in [0.2, 0.25) is 5.78 Å². The molecule has 4 fully saturated rings. The van der Waals surface area contributed by atoms with Crippen molar-refractivity contribution in [1.82, 2.24) is 0 Å². The van der Waals surface area contributed by atoms with Gasteiger partial charge in [-0.15, -0.1) is 0 Å². The fraction of sp³-hybridized carbons (Fsp3) is 0.690. The van der Waals surface area contributed by atoms with Crippen LogP contribution in [0.25, 0.3) is 0 Å². The minimum Gasteiger partial charge on any atom is -0.497 e. The first-order valence-corrected chi connectivity index (χ1v) is 13.1. The van der Waals surface area contributed by atoms with Gasteiger partial charge in [-0.3, -0.25) is 4.79 Å². The second-order valence-corrected chi connectivity index (χ2v) is 12.1. The highest BCUT2D eigenvalue weighted by Gasteiger charge is 2.61. The Balaban J connectivity index is 1.23. The number of aliphatic hydroxyl groups is 1. The van der Waals surface area contributed by atoms with Gasteiger partial charge in [0.1, 0.15) is 11.9 Å².